The van der Waals surface area contributed by atoms with Gasteiger partial charge in [-0.15, -0.1) is 0 Å². The van der Waals surface area contributed by atoms with Gasteiger partial charge >= 0.3 is 0 Å². The first-order valence-corrected chi connectivity index (χ1v) is 5.85. The van der Waals surface area contributed by atoms with E-state index in [1.54, 1.807) is 13.2 Å². The summed E-state index contributed by atoms with van der Waals surface area (Å²) in [6.45, 7) is 3.77. The molecule has 1 aromatic heterocycles. The Kier molecular flexibility index (Phi) is 3.68. The highest BCUT2D eigenvalue weighted by Crippen LogP contribution is 2.23. The molecule has 1 aliphatic rings. The van der Waals surface area contributed by atoms with E-state index in [0.717, 1.165) is 25.5 Å². The lowest BCUT2D eigenvalue weighted by Gasteiger charge is -2.30. The van der Waals surface area contributed by atoms with Gasteiger partial charge in [-0.1, -0.05) is 6.92 Å². The van der Waals surface area contributed by atoms with Gasteiger partial charge < -0.3 is 20.5 Å². The summed E-state index contributed by atoms with van der Waals surface area (Å²) in [5.41, 5.74) is 6.28. The SMILES string of the molecule is COc1nc(NC2CCOCC2C)ccc1N. The van der Waals surface area contributed by atoms with Gasteiger partial charge in [0, 0.05) is 12.6 Å². The van der Waals surface area contributed by atoms with Crippen LogP contribution in [0, 0.1) is 5.92 Å². The van der Waals surface area contributed by atoms with Crippen LogP contribution in [0.2, 0.25) is 0 Å². The summed E-state index contributed by atoms with van der Waals surface area (Å²) in [5, 5.41) is 3.41. The molecule has 3 N–H and O–H groups in total. The molecule has 5 heteroatoms. The lowest BCUT2D eigenvalue weighted by molar-refractivity contribution is 0.0537. The molecular formula is C12H19N3O2. The minimum atomic E-state index is 0.393. The Morgan fingerprint density at radius 3 is 3.06 bits per heavy atom. The zero-order valence-corrected chi connectivity index (χ0v) is 10.3. The van der Waals surface area contributed by atoms with Crippen LogP contribution < -0.4 is 15.8 Å². The van der Waals surface area contributed by atoms with Gasteiger partial charge in [0.2, 0.25) is 5.88 Å². The van der Waals surface area contributed by atoms with Crippen LogP contribution in [-0.2, 0) is 4.74 Å². The largest absolute Gasteiger partial charge is 0.479 e. The van der Waals surface area contributed by atoms with E-state index in [1.807, 2.05) is 6.07 Å². The zero-order chi connectivity index (χ0) is 12.3. The predicted octanol–water partition coefficient (Wildman–Crippen LogP) is 1.51. The van der Waals surface area contributed by atoms with Crippen LogP contribution in [0.4, 0.5) is 11.5 Å². The van der Waals surface area contributed by atoms with Gasteiger partial charge in [-0.05, 0) is 24.5 Å². The van der Waals surface area contributed by atoms with Crippen molar-refractivity contribution >= 4 is 11.5 Å². The number of anilines is 2. The van der Waals surface area contributed by atoms with Crippen molar-refractivity contribution in [2.24, 2.45) is 5.92 Å². The molecule has 0 bridgehead atoms. The fraction of sp³-hybridized carbons (Fsp3) is 0.583. The summed E-state index contributed by atoms with van der Waals surface area (Å²) >= 11 is 0. The van der Waals surface area contributed by atoms with Crippen LogP contribution in [0.5, 0.6) is 5.88 Å². The molecule has 0 aliphatic carbocycles. The van der Waals surface area contributed by atoms with E-state index in [0.29, 0.717) is 23.5 Å². The Labute approximate surface area is 101 Å². The summed E-state index contributed by atoms with van der Waals surface area (Å²) in [6, 6.07) is 4.07. The quantitative estimate of drug-likeness (QED) is 0.834. The Hall–Kier alpha value is -1.49. The molecule has 94 valence electrons. The molecule has 2 atom stereocenters. The molecule has 1 aromatic rings. The molecule has 0 radical (unpaired) electrons. The lowest BCUT2D eigenvalue weighted by atomic mass is 9.98. The summed E-state index contributed by atoms with van der Waals surface area (Å²) in [5.74, 6) is 1.75. The molecule has 0 saturated carbocycles. The molecule has 1 saturated heterocycles. The topological polar surface area (TPSA) is 69.4 Å². The number of nitrogens with two attached hydrogens (primary N) is 1. The second-order valence-electron chi connectivity index (χ2n) is 4.39. The molecule has 5 nitrogen and oxygen atoms in total. The highest BCUT2D eigenvalue weighted by Gasteiger charge is 2.22. The fourth-order valence-electron chi connectivity index (χ4n) is 1.98. The van der Waals surface area contributed by atoms with Gasteiger partial charge in [-0.25, -0.2) is 0 Å². The first kappa shape index (κ1) is 12.0. The van der Waals surface area contributed by atoms with E-state index in [9.17, 15) is 0 Å². The minimum absolute atomic E-state index is 0.393. The van der Waals surface area contributed by atoms with E-state index in [2.05, 4.69) is 17.2 Å². The van der Waals surface area contributed by atoms with Gasteiger partial charge in [0.25, 0.3) is 0 Å². The monoisotopic (exact) mass is 237 g/mol. The van der Waals surface area contributed by atoms with Crippen molar-refractivity contribution in [3.05, 3.63) is 12.1 Å². The molecule has 2 rings (SSSR count). The van der Waals surface area contributed by atoms with Gasteiger partial charge in [0.15, 0.2) is 0 Å². The van der Waals surface area contributed by atoms with Crippen LogP contribution in [-0.4, -0.2) is 31.3 Å². The summed E-state index contributed by atoms with van der Waals surface area (Å²) < 4.78 is 10.5. The van der Waals surface area contributed by atoms with Gasteiger partial charge in [-0.3, -0.25) is 0 Å². The number of rotatable bonds is 3. The molecule has 1 aliphatic heterocycles. The van der Waals surface area contributed by atoms with Crippen molar-refractivity contribution in [2.45, 2.75) is 19.4 Å². The maximum atomic E-state index is 5.73. The predicted molar refractivity (Wildman–Crippen MR) is 67.2 cm³/mol. The Morgan fingerprint density at radius 2 is 2.35 bits per heavy atom. The maximum Gasteiger partial charge on any atom is 0.238 e. The van der Waals surface area contributed by atoms with E-state index in [1.165, 1.54) is 0 Å². The standard InChI is InChI=1S/C12H19N3O2/c1-8-7-17-6-5-10(8)14-11-4-3-9(13)12(15-11)16-2/h3-4,8,10H,5-7,13H2,1-2H3,(H,14,15). The third-order valence-corrected chi connectivity index (χ3v) is 3.06. The van der Waals surface area contributed by atoms with Crippen LogP contribution in [0.3, 0.4) is 0 Å². The van der Waals surface area contributed by atoms with Gasteiger partial charge in [0.1, 0.15) is 5.82 Å². The zero-order valence-electron chi connectivity index (χ0n) is 10.3. The van der Waals surface area contributed by atoms with Crippen LogP contribution in [0.15, 0.2) is 12.1 Å². The minimum Gasteiger partial charge on any atom is -0.479 e. The van der Waals surface area contributed by atoms with Crippen molar-refractivity contribution < 1.29 is 9.47 Å². The van der Waals surface area contributed by atoms with Crippen LogP contribution >= 0.6 is 0 Å². The molecule has 0 spiro atoms. The number of methoxy groups -OCH3 is 1. The van der Waals surface area contributed by atoms with Crippen molar-refractivity contribution in [1.29, 1.82) is 0 Å². The number of hydrogen-bond donors (Lipinski definition) is 2. The summed E-state index contributed by atoms with van der Waals surface area (Å²) in [7, 11) is 1.57. The number of pyridine rings is 1. The van der Waals surface area contributed by atoms with Crippen molar-refractivity contribution in [1.82, 2.24) is 4.98 Å². The average molecular weight is 237 g/mol. The first-order chi connectivity index (χ1) is 8.20. The molecule has 2 heterocycles. The molecule has 17 heavy (non-hydrogen) atoms. The van der Waals surface area contributed by atoms with Crippen molar-refractivity contribution in [3.63, 3.8) is 0 Å². The van der Waals surface area contributed by atoms with E-state index in [-0.39, 0.29) is 0 Å². The summed E-state index contributed by atoms with van der Waals surface area (Å²) in [4.78, 5) is 4.32. The number of hydrogen-bond acceptors (Lipinski definition) is 5. The number of aromatic nitrogens is 1. The lowest BCUT2D eigenvalue weighted by Crippen LogP contribution is -2.36. The van der Waals surface area contributed by atoms with Gasteiger partial charge in [0.05, 0.1) is 19.4 Å². The summed E-state index contributed by atoms with van der Waals surface area (Å²) in [6.07, 6.45) is 0.996. The van der Waals surface area contributed by atoms with E-state index < -0.39 is 0 Å². The number of nitrogen functional groups attached to an aromatic ring is 1. The van der Waals surface area contributed by atoms with E-state index >= 15 is 0 Å². The Morgan fingerprint density at radius 1 is 1.53 bits per heavy atom. The average Bonchev–Trinajstić information content (AvgIpc) is 2.34. The molecule has 2 unspecified atom stereocenters. The van der Waals surface area contributed by atoms with Crippen LogP contribution in [0.1, 0.15) is 13.3 Å². The molecule has 0 aromatic carbocycles. The Bertz CT molecular complexity index is 384. The first-order valence-electron chi connectivity index (χ1n) is 5.85. The van der Waals surface area contributed by atoms with Crippen molar-refractivity contribution in [2.75, 3.05) is 31.4 Å². The number of nitrogens with one attached hydrogen (secondary N) is 1. The molecule has 0 amide bonds. The van der Waals surface area contributed by atoms with Gasteiger partial charge in [-0.2, -0.15) is 4.98 Å². The highest BCUT2D eigenvalue weighted by molar-refractivity contribution is 5.53. The highest BCUT2D eigenvalue weighted by atomic mass is 16.5. The Balaban J connectivity index is 2.07. The maximum absolute atomic E-state index is 5.73. The van der Waals surface area contributed by atoms with Crippen molar-refractivity contribution in [3.8, 4) is 5.88 Å². The van der Waals surface area contributed by atoms with Crippen LogP contribution in [0.25, 0.3) is 0 Å². The smallest absolute Gasteiger partial charge is 0.238 e. The normalized spacial score (nSPS) is 24.4. The second-order valence-corrected chi connectivity index (χ2v) is 4.39. The third-order valence-electron chi connectivity index (χ3n) is 3.06. The number of nitrogens with zero attached hydrogens (tertiary/aromatic N) is 1. The number of ether oxygens (including phenoxy) is 2. The molecule has 1 fully saturated rings. The molecular weight excluding hydrogens is 218 g/mol. The second kappa shape index (κ2) is 5.23. The fourth-order valence-corrected chi connectivity index (χ4v) is 1.98. The third kappa shape index (κ3) is 2.79. The van der Waals surface area contributed by atoms with E-state index in [4.69, 9.17) is 15.2 Å².